The van der Waals surface area contributed by atoms with Gasteiger partial charge in [-0.2, -0.15) is 8.78 Å². The number of benzene rings is 1. The molecule has 1 aromatic rings. The molecule has 1 fully saturated rings. The lowest BCUT2D eigenvalue weighted by atomic mass is 9.91. The first-order valence-electron chi connectivity index (χ1n) is 5.54. The summed E-state index contributed by atoms with van der Waals surface area (Å²) in [7, 11) is 0. The van der Waals surface area contributed by atoms with Gasteiger partial charge in [0.2, 0.25) is 0 Å². The molecule has 0 saturated carbocycles. The van der Waals surface area contributed by atoms with E-state index in [9.17, 15) is 8.78 Å². The molecule has 1 N–H and O–H groups in total. The third kappa shape index (κ3) is 2.77. The summed E-state index contributed by atoms with van der Waals surface area (Å²) in [5.74, 6) is 0.103. The van der Waals surface area contributed by atoms with Gasteiger partial charge in [-0.05, 0) is 17.7 Å². The quantitative estimate of drug-likeness (QED) is 0.842. The summed E-state index contributed by atoms with van der Waals surface area (Å²) >= 11 is 0. The molecule has 2 rings (SSSR count). The van der Waals surface area contributed by atoms with Crippen molar-refractivity contribution in [2.75, 3.05) is 26.4 Å². The van der Waals surface area contributed by atoms with E-state index in [0.717, 1.165) is 5.56 Å². The zero-order valence-corrected chi connectivity index (χ0v) is 9.64. The highest BCUT2D eigenvalue weighted by molar-refractivity contribution is 5.32. The monoisotopic (exact) mass is 260 g/mol. The molecule has 0 aliphatic carbocycles. The molecule has 1 aromatic carbocycles. The number of aliphatic hydroxyl groups is 1. The smallest absolute Gasteiger partial charge is 0.387 e. The number of rotatable bonds is 6. The highest BCUT2D eigenvalue weighted by atomic mass is 19.3. The Kier molecular flexibility index (Phi) is 4.11. The maximum atomic E-state index is 12.0. The standard InChI is InChI=1S/C12H14F2O4/c13-11(14)18-10-3-1-9(2-4-10)12(7-16-8-12)17-6-5-15/h1-4,11,15H,5-8H2. The molecule has 0 unspecified atom stereocenters. The largest absolute Gasteiger partial charge is 0.435 e. The van der Waals surface area contributed by atoms with Gasteiger partial charge in [0.15, 0.2) is 0 Å². The van der Waals surface area contributed by atoms with Crippen LogP contribution in [0.15, 0.2) is 24.3 Å². The van der Waals surface area contributed by atoms with Gasteiger partial charge in [-0.1, -0.05) is 12.1 Å². The first-order chi connectivity index (χ1) is 8.66. The molecular weight excluding hydrogens is 246 g/mol. The van der Waals surface area contributed by atoms with E-state index in [1.54, 1.807) is 12.1 Å². The molecule has 1 aliphatic rings. The minimum atomic E-state index is -2.83. The van der Waals surface area contributed by atoms with Gasteiger partial charge in [-0.15, -0.1) is 0 Å². The minimum Gasteiger partial charge on any atom is -0.435 e. The van der Waals surface area contributed by atoms with Crippen LogP contribution in [0.25, 0.3) is 0 Å². The molecule has 1 aliphatic heterocycles. The van der Waals surface area contributed by atoms with Crippen molar-refractivity contribution in [3.8, 4) is 5.75 Å². The highest BCUT2D eigenvalue weighted by Gasteiger charge is 2.41. The van der Waals surface area contributed by atoms with Crippen LogP contribution >= 0.6 is 0 Å². The Balaban J connectivity index is 2.07. The lowest BCUT2D eigenvalue weighted by Gasteiger charge is -2.41. The number of aliphatic hydroxyl groups excluding tert-OH is 1. The second-order valence-electron chi connectivity index (χ2n) is 3.96. The van der Waals surface area contributed by atoms with E-state index in [2.05, 4.69) is 4.74 Å². The maximum Gasteiger partial charge on any atom is 0.387 e. The summed E-state index contributed by atoms with van der Waals surface area (Å²) in [4.78, 5) is 0. The van der Waals surface area contributed by atoms with Crippen LogP contribution in [0, 0.1) is 0 Å². The fourth-order valence-electron chi connectivity index (χ4n) is 1.80. The molecule has 1 saturated heterocycles. The van der Waals surface area contributed by atoms with Crippen LogP contribution in [-0.4, -0.2) is 38.1 Å². The molecule has 1 heterocycles. The lowest BCUT2D eigenvalue weighted by molar-refractivity contribution is -0.219. The molecule has 100 valence electrons. The average Bonchev–Trinajstić information content (AvgIpc) is 2.29. The van der Waals surface area contributed by atoms with Crippen molar-refractivity contribution in [2.24, 2.45) is 0 Å². The van der Waals surface area contributed by atoms with Crippen molar-refractivity contribution >= 4 is 0 Å². The molecular formula is C12H14F2O4. The Morgan fingerprint density at radius 1 is 1.28 bits per heavy atom. The topological polar surface area (TPSA) is 47.9 Å². The van der Waals surface area contributed by atoms with Crippen LogP contribution in [0.4, 0.5) is 8.78 Å². The van der Waals surface area contributed by atoms with Gasteiger partial charge < -0.3 is 19.3 Å². The SMILES string of the molecule is OCCOC1(c2ccc(OC(F)F)cc2)COC1. The summed E-state index contributed by atoms with van der Waals surface area (Å²) < 4.78 is 39.0. The van der Waals surface area contributed by atoms with E-state index < -0.39 is 12.2 Å². The predicted molar refractivity (Wildman–Crippen MR) is 58.6 cm³/mol. The second kappa shape index (κ2) is 5.60. The summed E-state index contributed by atoms with van der Waals surface area (Å²) in [6.45, 7) is -1.92. The second-order valence-corrected chi connectivity index (χ2v) is 3.96. The molecule has 0 atom stereocenters. The molecule has 4 nitrogen and oxygen atoms in total. The molecule has 0 aromatic heterocycles. The van der Waals surface area contributed by atoms with Gasteiger partial charge in [0.05, 0.1) is 26.4 Å². The van der Waals surface area contributed by atoms with Crippen molar-refractivity contribution in [1.29, 1.82) is 0 Å². The third-order valence-electron chi connectivity index (χ3n) is 2.75. The molecule has 0 amide bonds. The number of hydrogen-bond acceptors (Lipinski definition) is 4. The van der Waals surface area contributed by atoms with E-state index >= 15 is 0 Å². The van der Waals surface area contributed by atoms with E-state index in [1.165, 1.54) is 12.1 Å². The van der Waals surface area contributed by atoms with Crippen LogP contribution in [0.1, 0.15) is 5.56 Å². The lowest BCUT2D eigenvalue weighted by Crippen LogP contribution is -2.49. The van der Waals surface area contributed by atoms with Crippen molar-refractivity contribution in [3.05, 3.63) is 29.8 Å². The number of ether oxygens (including phenoxy) is 3. The summed E-state index contributed by atoms with van der Waals surface area (Å²) in [6, 6.07) is 6.25. The van der Waals surface area contributed by atoms with E-state index in [1.807, 2.05) is 0 Å². The normalized spacial score (nSPS) is 17.6. The Labute approximate surface area is 103 Å². The Morgan fingerprint density at radius 3 is 2.39 bits per heavy atom. The Morgan fingerprint density at radius 2 is 1.94 bits per heavy atom. The van der Waals surface area contributed by atoms with E-state index in [4.69, 9.17) is 14.6 Å². The highest BCUT2D eigenvalue weighted by Crippen LogP contribution is 2.34. The molecule has 0 spiro atoms. The van der Waals surface area contributed by atoms with Crippen LogP contribution in [0.3, 0.4) is 0 Å². The van der Waals surface area contributed by atoms with Crippen molar-refractivity contribution < 1.29 is 28.1 Å². The summed E-state index contributed by atoms with van der Waals surface area (Å²) in [5, 5.41) is 8.77. The van der Waals surface area contributed by atoms with Crippen molar-refractivity contribution in [1.82, 2.24) is 0 Å². The van der Waals surface area contributed by atoms with Gasteiger partial charge in [0, 0.05) is 0 Å². The third-order valence-corrected chi connectivity index (χ3v) is 2.75. The van der Waals surface area contributed by atoms with Crippen molar-refractivity contribution in [3.63, 3.8) is 0 Å². The zero-order valence-electron chi connectivity index (χ0n) is 9.64. The van der Waals surface area contributed by atoms with Crippen LogP contribution < -0.4 is 4.74 Å². The number of hydrogen-bond donors (Lipinski definition) is 1. The zero-order chi connectivity index (χ0) is 13.0. The molecule has 18 heavy (non-hydrogen) atoms. The van der Waals surface area contributed by atoms with Crippen LogP contribution in [-0.2, 0) is 15.1 Å². The van der Waals surface area contributed by atoms with Crippen LogP contribution in [0.5, 0.6) is 5.75 Å². The maximum absolute atomic E-state index is 12.0. The first-order valence-corrected chi connectivity index (χ1v) is 5.54. The Bertz CT molecular complexity index is 376. The predicted octanol–water partition coefficient (Wildman–Crippen LogP) is 1.52. The first kappa shape index (κ1) is 13.2. The van der Waals surface area contributed by atoms with Crippen LogP contribution in [0.2, 0.25) is 0 Å². The molecule has 6 heteroatoms. The number of alkyl halides is 2. The van der Waals surface area contributed by atoms with E-state index in [-0.39, 0.29) is 19.0 Å². The fourth-order valence-corrected chi connectivity index (χ4v) is 1.80. The van der Waals surface area contributed by atoms with Gasteiger partial charge in [-0.3, -0.25) is 0 Å². The molecule has 0 bridgehead atoms. The van der Waals surface area contributed by atoms with Crippen molar-refractivity contribution in [2.45, 2.75) is 12.2 Å². The van der Waals surface area contributed by atoms with E-state index in [0.29, 0.717) is 13.2 Å². The number of halogens is 2. The summed E-state index contributed by atoms with van der Waals surface area (Å²) in [6.07, 6.45) is 0. The fraction of sp³-hybridized carbons (Fsp3) is 0.500. The van der Waals surface area contributed by atoms with Gasteiger partial charge in [-0.25, -0.2) is 0 Å². The van der Waals surface area contributed by atoms with Gasteiger partial charge in [0.25, 0.3) is 0 Å². The molecule has 0 radical (unpaired) electrons. The average molecular weight is 260 g/mol. The Hall–Kier alpha value is -1.24. The summed E-state index contributed by atoms with van der Waals surface area (Å²) in [5.41, 5.74) is 0.246. The minimum absolute atomic E-state index is 0.0751. The van der Waals surface area contributed by atoms with Gasteiger partial charge in [0.1, 0.15) is 11.4 Å². The van der Waals surface area contributed by atoms with Gasteiger partial charge >= 0.3 is 6.61 Å².